The number of anilines is 1. The smallest absolute Gasteiger partial charge is 0.152 e. The highest BCUT2D eigenvalue weighted by Gasteiger charge is 2.10. The zero-order valence-corrected chi connectivity index (χ0v) is 11.8. The van der Waals surface area contributed by atoms with Crippen LogP contribution in [0.3, 0.4) is 0 Å². The number of nitrogens with zero attached hydrogens (tertiary/aromatic N) is 2. The van der Waals surface area contributed by atoms with E-state index in [0.29, 0.717) is 6.61 Å². The maximum atomic E-state index is 5.53. The van der Waals surface area contributed by atoms with Gasteiger partial charge in [-0.25, -0.2) is 9.97 Å². The van der Waals surface area contributed by atoms with Gasteiger partial charge in [0.1, 0.15) is 11.4 Å². The third kappa shape index (κ3) is 2.84. The van der Waals surface area contributed by atoms with Crippen molar-refractivity contribution in [1.29, 1.82) is 0 Å². The maximum absolute atomic E-state index is 5.53. The first-order valence-corrected chi connectivity index (χ1v) is 6.42. The molecule has 4 nitrogen and oxygen atoms in total. The molecular formula is C15H19N3O. The number of hydrogen-bond donors (Lipinski definition) is 1. The molecule has 1 N–H and O–H groups in total. The van der Waals surface area contributed by atoms with Crippen LogP contribution in [0.4, 0.5) is 5.82 Å². The van der Waals surface area contributed by atoms with Crippen molar-refractivity contribution < 1.29 is 4.74 Å². The standard InChI is InChI=1S/C15H19N3O/c1-5-19-13-8-6-7-12(9-13)14-15(16-4)18-11(3)10(2)17-14/h6-9H,5H2,1-4H3,(H,16,18). The van der Waals surface area contributed by atoms with E-state index >= 15 is 0 Å². The SMILES string of the molecule is CCOc1cccc(-c2nc(C)c(C)nc2NC)c1. The summed E-state index contributed by atoms with van der Waals surface area (Å²) in [5, 5.41) is 3.10. The van der Waals surface area contributed by atoms with Crippen LogP contribution in [0.2, 0.25) is 0 Å². The number of aromatic nitrogens is 2. The number of rotatable bonds is 4. The first-order valence-electron chi connectivity index (χ1n) is 6.42. The van der Waals surface area contributed by atoms with Crippen LogP contribution < -0.4 is 10.1 Å². The second-order valence-corrected chi connectivity index (χ2v) is 4.30. The Morgan fingerprint density at radius 1 is 1.16 bits per heavy atom. The van der Waals surface area contributed by atoms with Crippen LogP contribution in [-0.2, 0) is 0 Å². The number of hydrogen-bond acceptors (Lipinski definition) is 4. The van der Waals surface area contributed by atoms with E-state index in [2.05, 4.69) is 15.3 Å². The van der Waals surface area contributed by atoms with Crippen molar-refractivity contribution in [2.45, 2.75) is 20.8 Å². The van der Waals surface area contributed by atoms with Gasteiger partial charge in [0.2, 0.25) is 0 Å². The van der Waals surface area contributed by atoms with Crippen molar-refractivity contribution in [1.82, 2.24) is 9.97 Å². The molecule has 0 atom stereocenters. The van der Waals surface area contributed by atoms with Gasteiger partial charge in [0.05, 0.1) is 18.0 Å². The Balaban J connectivity index is 2.51. The summed E-state index contributed by atoms with van der Waals surface area (Å²) in [5.41, 5.74) is 3.74. The first-order chi connectivity index (χ1) is 9.15. The monoisotopic (exact) mass is 257 g/mol. The molecule has 19 heavy (non-hydrogen) atoms. The summed E-state index contributed by atoms with van der Waals surface area (Å²) < 4.78 is 5.53. The molecule has 1 aromatic carbocycles. The fourth-order valence-electron chi connectivity index (χ4n) is 1.88. The average Bonchev–Trinajstić information content (AvgIpc) is 2.42. The Morgan fingerprint density at radius 3 is 2.58 bits per heavy atom. The van der Waals surface area contributed by atoms with Gasteiger partial charge in [0.15, 0.2) is 5.82 Å². The van der Waals surface area contributed by atoms with Crippen molar-refractivity contribution in [3.8, 4) is 17.0 Å². The van der Waals surface area contributed by atoms with E-state index in [-0.39, 0.29) is 0 Å². The van der Waals surface area contributed by atoms with Crippen LogP contribution in [-0.4, -0.2) is 23.6 Å². The zero-order chi connectivity index (χ0) is 13.8. The Bertz CT molecular complexity index is 582. The zero-order valence-electron chi connectivity index (χ0n) is 11.8. The molecule has 2 aromatic rings. The van der Waals surface area contributed by atoms with E-state index in [1.54, 1.807) is 0 Å². The molecule has 0 saturated heterocycles. The van der Waals surface area contributed by atoms with E-state index < -0.39 is 0 Å². The molecule has 0 aliphatic heterocycles. The normalized spacial score (nSPS) is 10.3. The van der Waals surface area contributed by atoms with Crippen molar-refractivity contribution >= 4 is 5.82 Å². The van der Waals surface area contributed by atoms with Gasteiger partial charge in [-0.15, -0.1) is 0 Å². The van der Waals surface area contributed by atoms with Crippen LogP contribution in [0.5, 0.6) is 5.75 Å². The Morgan fingerprint density at radius 2 is 1.89 bits per heavy atom. The van der Waals surface area contributed by atoms with E-state index in [1.807, 2.05) is 52.1 Å². The molecule has 0 fully saturated rings. The molecule has 0 bridgehead atoms. The third-order valence-electron chi connectivity index (χ3n) is 2.96. The van der Waals surface area contributed by atoms with E-state index in [4.69, 9.17) is 4.74 Å². The van der Waals surface area contributed by atoms with Crippen LogP contribution in [0, 0.1) is 13.8 Å². The Hall–Kier alpha value is -2.10. The van der Waals surface area contributed by atoms with Crippen LogP contribution in [0.15, 0.2) is 24.3 Å². The minimum atomic E-state index is 0.654. The lowest BCUT2D eigenvalue weighted by molar-refractivity contribution is 0.340. The van der Waals surface area contributed by atoms with Crippen LogP contribution >= 0.6 is 0 Å². The molecule has 4 heteroatoms. The summed E-state index contributed by atoms with van der Waals surface area (Å²) >= 11 is 0. The highest BCUT2D eigenvalue weighted by Crippen LogP contribution is 2.28. The molecule has 2 rings (SSSR count). The van der Waals surface area contributed by atoms with Crippen molar-refractivity contribution in [3.05, 3.63) is 35.7 Å². The second kappa shape index (κ2) is 5.69. The summed E-state index contributed by atoms with van der Waals surface area (Å²) in [4.78, 5) is 9.16. The number of benzene rings is 1. The molecule has 0 spiro atoms. The average molecular weight is 257 g/mol. The second-order valence-electron chi connectivity index (χ2n) is 4.30. The van der Waals surface area contributed by atoms with Crippen molar-refractivity contribution in [2.24, 2.45) is 0 Å². The van der Waals surface area contributed by atoms with Gasteiger partial charge >= 0.3 is 0 Å². The lowest BCUT2D eigenvalue weighted by Gasteiger charge is -2.11. The predicted octanol–water partition coefficient (Wildman–Crippen LogP) is 3.20. The summed E-state index contributed by atoms with van der Waals surface area (Å²) in [6, 6.07) is 7.92. The highest BCUT2D eigenvalue weighted by molar-refractivity contribution is 5.72. The molecule has 100 valence electrons. The first kappa shape index (κ1) is 13.3. The Kier molecular flexibility index (Phi) is 4.00. The fourth-order valence-corrected chi connectivity index (χ4v) is 1.88. The van der Waals surface area contributed by atoms with Gasteiger partial charge in [-0.1, -0.05) is 12.1 Å². The van der Waals surface area contributed by atoms with Crippen LogP contribution in [0.1, 0.15) is 18.3 Å². The summed E-state index contributed by atoms with van der Waals surface area (Å²) in [6.07, 6.45) is 0. The molecule has 0 aliphatic rings. The summed E-state index contributed by atoms with van der Waals surface area (Å²) in [7, 11) is 1.86. The lowest BCUT2D eigenvalue weighted by Crippen LogP contribution is -2.03. The maximum Gasteiger partial charge on any atom is 0.152 e. The third-order valence-corrected chi connectivity index (χ3v) is 2.96. The number of ether oxygens (including phenoxy) is 1. The molecule has 1 aromatic heterocycles. The molecule has 0 saturated carbocycles. The van der Waals surface area contributed by atoms with Gasteiger partial charge in [0, 0.05) is 12.6 Å². The van der Waals surface area contributed by atoms with E-state index in [0.717, 1.165) is 34.2 Å². The Labute approximate surface area is 113 Å². The number of aryl methyl sites for hydroxylation is 2. The summed E-state index contributed by atoms with van der Waals surface area (Å²) in [6.45, 7) is 6.56. The van der Waals surface area contributed by atoms with Gasteiger partial charge in [-0.2, -0.15) is 0 Å². The minimum Gasteiger partial charge on any atom is -0.494 e. The van der Waals surface area contributed by atoms with Gasteiger partial charge in [0.25, 0.3) is 0 Å². The fraction of sp³-hybridized carbons (Fsp3) is 0.333. The van der Waals surface area contributed by atoms with Crippen molar-refractivity contribution in [3.63, 3.8) is 0 Å². The molecule has 0 aliphatic carbocycles. The lowest BCUT2D eigenvalue weighted by atomic mass is 10.1. The highest BCUT2D eigenvalue weighted by atomic mass is 16.5. The summed E-state index contributed by atoms with van der Waals surface area (Å²) in [5.74, 6) is 1.64. The molecule has 0 unspecified atom stereocenters. The molecule has 0 amide bonds. The van der Waals surface area contributed by atoms with Gasteiger partial charge < -0.3 is 10.1 Å². The topological polar surface area (TPSA) is 47.0 Å². The van der Waals surface area contributed by atoms with Crippen LogP contribution in [0.25, 0.3) is 11.3 Å². The van der Waals surface area contributed by atoms with Crippen molar-refractivity contribution in [2.75, 3.05) is 19.0 Å². The molecule has 0 radical (unpaired) electrons. The van der Waals surface area contributed by atoms with E-state index in [1.165, 1.54) is 0 Å². The molecular weight excluding hydrogens is 238 g/mol. The quantitative estimate of drug-likeness (QED) is 0.913. The number of nitrogens with one attached hydrogen (secondary N) is 1. The van der Waals surface area contributed by atoms with Gasteiger partial charge in [-0.05, 0) is 32.9 Å². The van der Waals surface area contributed by atoms with Gasteiger partial charge in [-0.3, -0.25) is 0 Å². The van der Waals surface area contributed by atoms with E-state index in [9.17, 15) is 0 Å². The largest absolute Gasteiger partial charge is 0.494 e. The molecule has 1 heterocycles. The predicted molar refractivity (Wildman–Crippen MR) is 77.7 cm³/mol. The minimum absolute atomic E-state index is 0.654.